The van der Waals surface area contributed by atoms with Gasteiger partial charge < -0.3 is 18.8 Å². The lowest BCUT2D eigenvalue weighted by Crippen LogP contribution is -2.46. The van der Waals surface area contributed by atoms with Crippen molar-refractivity contribution in [2.75, 3.05) is 26.5 Å². The van der Waals surface area contributed by atoms with Crippen LogP contribution in [0.25, 0.3) is 0 Å². The smallest absolute Gasteiger partial charge is 0.306 e. The number of aromatic nitrogens is 1. The average molecular weight is 523 g/mol. The van der Waals surface area contributed by atoms with Crippen LogP contribution in [0.3, 0.4) is 0 Å². The maximum absolute atomic E-state index is 12.8. The molecule has 2 aromatic heterocycles. The highest BCUT2D eigenvalue weighted by Crippen LogP contribution is 2.37. The Morgan fingerprint density at radius 1 is 1.16 bits per heavy atom. The van der Waals surface area contributed by atoms with Crippen LogP contribution in [0.15, 0.2) is 67.4 Å². The summed E-state index contributed by atoms with van der Waals surface area (Å²) in [6, 6.07) is 14.4. The van der Waals surface area contributed by atoms with E-state index in [1.807, 2.05) is 47.2 Å². The van der Waals surface area contributed by atoms with E-state index in [2.05, 4.69) is 4.90 Å². The zero-order valence-corrected chi connectivity index (χ0v) is 21.7. The number of fused-ring (bicyclic) bond motifs is 4. The fraction of sp³-hybridized carbons (Fsp3) is 0.393. The highest BCUT2D eigenvalue weighted by molar-refractivity contribution is 7.98. The first kappa shape index (κ1) is 25.4. The third-order valence-corrected chi connectivity index (χ3v) is 8.11. The van der Waals surface area contributed by atoms with Crippen molar-refractivity contribution in [3.05, 3.63) is 91.9 Å². The molecule has 37 heavy (non-hydrogen) atoms. The number of carbonyl (C=O) groups is 1. The fourth-order valence-electron chi connectivity index (χ4n) is 5.66. The fourth-order valence-corrected chi connectivity index (χ4v) is 6.07. The molecule has 1 fully saturated rings. The molecule has 0 spiro atoms. The lowest BCUT2D eigenvalue weighted by Gasteiger charge is -2.42. The maximum Gasteiger partial charge on any atom is 0.306 e. The van der Waals surface area contributed by atoms with Gasteiger partial charge in [-0.1, -0.05) is 18.2 Å². The molecule has 9 heteroatoms. The minimum atomic E-state index is -0.671. The van der Waals surface area contributed by atoms with E-state index < -0.39 is 23.1 Å². The molecule has 1 saturated heterocycles. The average Bonchev–Trinajstić information content (AvgIpc) is 2.90. The molecular formula is C28H30N2O6S. The molecule has 0 radical (unpaired) electrons. The van der Waals surface area contributed by atoms with Gasteiger partial charge in [0.05, 0.1) is 26.0 Å². The summed E-state index contributed by atoms with van der Waals surface area (Å²) in [7, 11) is 1.31. The Labute approximate surface area is 218 Å². The van der Waals surface area contributed by atoms with Crippen LogP contribution in [0.5, 0.6) is 5.75 Å². The van der Waals surface area contributed by atoms with Crippen molar-refractivity contribution >= 4 is 17.7 Å². The van der Waals surface area contributed by atoms with E-state index in [1.165, 1.54) is 13.2 Å². The number of hydrogen-bond acceptors (Lipinski definition) is 8. The second kappa shape index (κ2) is 10.6. The van der Waals surface area contributed by atoms with Crippen LogP contribution in [0.2, 0.25) is 0 Å². The van der Waals surface area contributed by atoms with Crippen molar-refractivity contribution in [1.29, 1.82) is 0 Å². The molecule has 0 aliphatic carbocycles. The predicted molar refractivity (Wildman–Crippen MR) is 140 cm³/mol. The third-order valence-electron chi connectivity index (χ3n) is 7.37. The van der Waals surface area contributed by atoms with Crippen LogP contribution in [-0.2, 0) is 22.6 Å². The molecular weight excluding hydrogens is 492 g/mol. The van der Waals surface area contributed by atoms with Gasteiger partial charge in [0.1, 0.15) is 5.76 Å². The maximum atomic E-state index is 12.8. The van der Waals surface area contributed by atoms with Crippen LogP contribution in [-0.4, -0.2) is 47.0 Å². The second-order valence-electron chi connectivity index (χ2n) is 9.79. The molecule has 1 aromatic carbocycles. The Morgan fingerprint density at radius 3 is 2.68 bits per heavy atom. The monoisotopic (exact) mass is 522 g/mol. The molecule has 3 aromatic rings. The summed E-state index contributed by atoms with van der Waals surface area (Å²) in [5.41, 5.74) is 1.29. The van der Waals surface area contributed by atoms with Gasteiger partial charge in [0.25, 0.3) is 5.56 Å². The molecule has 0 amide bonds. The largest absolute Gasteiger partial charge is 0.502 e. The van der Waals surface area contributed by atoms with E-state index in [-0.39, 0.29) is 23.7 Å². The normalized spacial score (nSPS) is 19.7. The van der Waals surface area contributed by atoms with E-state index >= 15 is 0 Å². The number of thioether (sulfide) groups is 1. The van der Waals surface area contributed by atoms with Crippen LogP contribution in [0.4, 0.5) is 0 Å². The summed E-state index contributed by atoms with van der Waals surface area (Å²) in [5, 5.41) is 10.7. The van der Waals surface area contributed by atoms with E-state index in [4.69, 9.17) is 9.15 Å². The van der Waals surface area contributed by atoms with Crippen molar-refractivity contribution in [2.45, 2.75) is 42.7 Å². The number of nitrogens with zero attached hydrogens (tertiary/aromatic N) is 2. The first-order valence-electron chi connectivity index (χ1n) is 12.3. The number of carbonyl (C=O) groups excluding carboxylic acids is 1. The number of rotatable bonds is 7. The van der Waals surface area contributed by atoms with E-state index in [1.54, 1.807) is 17.8 Å². The van der Waals surface area contributed by atoms with Crippen LogP contribution >= 0.6 is 11.8 Å². The van der Waals surface area contributed by atoms with Gasteiger partial charge in [-0.25, -0.2) is 0 Å². The Bertz CT molecular complexity index is 1410. The minimum Gasteiger partial charge on any atom is -0.502 e. The summed E-state index contributed by atoms with van der Waals surface area (Å²) in [4.78, 5) is 40.7. The molecule has 2 aliphatic rings. The third kappa shape index (κ3) is 5.24. The Balaban J connectivity index is 1.44. The first-order valence-corrected chi connectivity index (χ1v) is 13.6. The number of esters is 1. The van der Waals surface area contributed by atoms with E-state index in [0.717, 1.165) is 35.7 Å². The van der Waals surface area contributed by atoms with Gasteiger partial charge in [0.2, 0.25) is 11.2 Å². The first-order chi connectivity index (χ1) is 17.9. The Kier molecular flexibility index (Phi) is 7.26. The Morgan fingerprint density at radius 2 is 1.95 bits per heavy atom. The number of likely N-dealkylation sites (tertiary alicyclic amines) is 1. The van der Waals surface area contributed by atoms with Gasteiger partial charge in [-0.05, 0) is 42.4 Å². The molecule has 2 aliphatic heterocycles. The number of pyridine rings is 1. The zero-order chi connectivity index (χ0) is 26.1. The molecule has 8 nitrogen and oxygen atoms in total. The Hall–Kier alpha value is -3.30. The summed E-state index contributed by atoms with van der Waals surface area (Å²) in [6.45, 7) is 2.59. The van der Waals surface area contributed by atoms with Crippen molar-refractivity contribution in [3.8, 4) is 5.75 Å². The molecule has 2 bridgehead atoms. The van der Waals surface area contributed by atoms with E-state index in [0.29, 0.717) is 24.8 Å². The number of benzene rings is 1. The standard InChI is InChI=1S/C28H30N2O6S/c1-35-26(33)12-22(18-6-8-21(37-2)9-7-18)28-27(34)24(31)11-20(36-28)16-29-13-17-10-19(15-29)23-4-3-5-25(32)30(23)14-17/h3-9,11,17,19,22,34H,10,12-16H2,1-2H3/t17-,19+,22?/m1/s1. The minimum absolute atomic E-state index is 0.0389. The lowest BCUT2D eigenvalue weighted by molar-refractivity contribution is -0.140. The zero-order valence-electron chi connectivity index (χ0n) is 20.9. The number of ether oxygens (including phenoxy) is 1. The highest BCUT2D eigenvalue weighted by atomic mass is 32.2. The summed E-state index contributed by atoms with van der Waals surface area (Å²) < 4.78 is 12.9. The number of aromatic hydroxyl groups is 1. The number of hydrogen-bond donors (Lipinski definition) is 1. The van der Waals surface area contributed by atoms with Crippen LogP contribution < -0.4 is 11.0 Å². The molecule has 0 saturated carbocycles. The van der Waals surface area contributed by atoms with Gasteiger partial charge in [-0.3, -0.25) is 19.3 Å². The molecule has 194 valence electrons. The van der Waals surface area contributed by atoms with Crippen molar-refractivity contribution in [2.24, 2.45) is 5.92 Å². The van der Waals surface area contributed by atoms with Crippen molar-refractivity contribution in [1.82, 2.24) is 9.47 Å². The van der Waals surface area contributed by atoms with Gasteiger partial charge in [-0.15, -0.1) is 11.8 Å². The molecule has 5 rings (SSSR count). The quantitative estimate of drug-likeness (QED) is 0.371. The van der Waals surface area contributed by atoms with Gasteiger partial charge in [0, 0.05) is 48.3 Å². The molecule has 1 N–H and O–H groups in total. The van der Waals surface area contributed by atoms with Crippen molar-refractivity contribution in [3.63, 3.8) is 0 Å². The van der Waals surface area contributed by atoms with E-state index in [9.17, 15) is 19.5 Å². The second-order valence-corrected chi connectivity index (χ2v) is 10.7. The van der Waals surface area contributed by atoms with Crippen molar-refractivity contribution < 1.29 is 19.1 Å². The van der Waals surface area contributed by atoms with Crippen LogP contribution in [0, 0.1) is 5.92 Å². The highest BCUT2D eigenvalue weighted by Gasteiger charge is 2.35. The predicted octanol–water partition coefficient (Wildman–Crippen LogP) is 3.54. The molecule has 1 unspecified atom stereocenters. The molecule has 4 heterocycles. The van der Waals surface area contributed by atoms with Gasteiger partial charge in [0.15, 0.2) is 5.76 Å². The van der Waals surface area contributed by atoms with Gasteiger partial charge >= 0.3 is 5.97 Å². The topological polar surface area (TPSA) is 102 Å². The SMILES string of the molecule is COC(=O)CC(c1ccc(SC)cc1)c1oc(CN2C[C@H]3C[C@@H](C2)c2cccc(=O)n2C3)cc(=O)c1O. The number of methoxy groups -OCH3 is 1. The summed E-state index contributed by atoms with van der Waals surface area (Å²) >= 11 is 1.60. The summed E-state index contributed by atoms with van der Waals surface area (Å²) in [6.07, 6.45) is 2.92. The summed E-state index contributed by atoms with van der Waals surface area (Å²) in [5.74, 6) is -0.573. The number of piperidine rings is 1. The lowest BCUT2D eigenvalue weighted by atomic mass is 9.83. The molecule has 3 atom stereocenters. The van der Waals surface area contributed by atoms with Gasteiger partial charge in [-0.2, -0.15) is 0 Å². The van der Waals surface area contributed by atoms with Crippen LogP contribution in [0.1, 0.15) is 47.5 Å².